The Morgan fingerprint density at radius 3 is 2.49 bits per heavy atom. The minimum Gasteiger partial charge on any atom is -0.352 e. The molecule has 0 unspecified atom stereocenters. The summed E-state index contributed by atoms with van der Waals surface area (Å²) in [5, 5.41) is 20.9. The minimum absolute atomic E-state index is 0.0687. The van der Waals surface area contributed by atoms with Gasteiger partial charge in [-0.05, 0) is 25.0 Å². The monoisotopic (exact) mass is 614 g/mol. The Kier molecular flexibility index (Phi) is 6.12. The number of thiazole rings is 1. The lowest BCUT2D eigenvalue weighted by Gasteiger charge is -2.35. The highest BCUT2D eigenvalue weighted by atomic mass is 32.2. The van der Waals surface area contributed by atoms with Gasteiger partial charge in [-0.25, -0.2) is 32.2 Å². The van der Waals surface area contributed by atoms with E-state index >= 15 is 0 Å². The fourth-order valence-corrected chi connectivity index (χ4v) is 7.77. The van der Waals surface area contributed by atoms with E-state index in [1.54, 1.807) is 28.2 Å². The molecule has 4 aromatic heterocycles. The fraction of sp³-hybridized carbons (Fsp3) is 0.333. The van der Waals surface area contributed by atoms with Crippen molar-refractivity contribution in [1.82, 2.24) is 34.4 Å². The zero-order valence-corrected chi connectivity index (χ0v) is 23.6. The van der Waals surface area contributed by atoms with E-state index in [-0.39, 0.29) is 10.0 Å². The van der Waals surface area contributed by atoms with Gasteiger partial charge >= 0.3 is 0 Å². The van der Waals surface area contributed by atoms with Gasteiger partial charge in [0.25, 0.3) is 6.43 Å². The van der Waals surface area contributed by atoms with E-state index in [4.69, 9.17) is 0 Å². The first-order valence-electron chi connectivity index (χ1n) is 12.5. The number of hydrogen-bond acceptors (Lipinski definition) is 12. The van der Waals surface area contributed by atoms with Gasteiger partial charge in [-0.1, -0.05) is 17.4 Å². The minimum atomic E-state index is -4.06. The predicted octanol–water partition coefficient (Wildman–Crippen LogP) is 3.48. The van der Waals surface area contributed by atoms with Gasteiger partial charge in [0.2, 0.25) is 15.2 Å². The number of fused-ring (bicyclic) bond motifs is 3. The number of aromatic nitrogens is 6. The third-order valence-corrected chi connectivity index (χ3v) is 10.5. The van der Waals surface area contributed by atoms with E-state index < -0.39 is 27.0 Å². The van der Waals surface area contributed by atoms with Gasteiger partial charge in [-0.3, -0.25) is 4.57 Å². The molecule has 0 radical (unpaired) electrons. The summed E-state index contributed by atoms with van der Waals surface area (Å²) in [4.78, 5) is 17.7. The van der Waals surface area contributed by atoms with E-state index in [1.807, 2.05) is 11.4 Å². The SMILES string of the molecule is N#CC1(NS(=O)(=O)c2ccc3c4c(N5CCN(c6nccs6)CC5)ncnc4n(-c4nnc(C(F)F)s4)c3c2)CC1. The van der Waals surface area contributed by atoms with Crippen LogP contribution in [0.5, 0.6) is 0 Å². The molecule has 210 valence electrons. The van der Waals surface area contributed by atoms with Crippen molar-refractivity contribution in [3.8, 4) is 11.2 Å². The molecule has 2 aliphatic rings. The second kappa shape index (κ2) is 9.62. The van der Waals surface area contributed by atoms with Crippen molar-refractivity contribution < 1.29 is 17.2 Å². The third-order valence-electron chi connectivity index (χ3n) is 7.18. The van der Waals surface area contributed by atoms with Crippen molar-refractivity contribution in [3.05, 3.63) is 41.1 Å². The zero-order chi connectivity index (χ0) is 28.4. The Balaban J connectivity index is 1.37. The lowest BCUT2D eigenvalue weighted by Crippen LogP contribution is -2.46. The van der Waals surface area contributed by atoms with Crippen LogP contribution in [0.2, 0.25) is 0 Å². The molecule has 1 aliphatic carbocycles. The van der Waals surface area contributed by atoms with Gasteiger partial charge in [0.1, 0.15) is 17.7 Å². The number of hydrogen-bond donors (Lipinski definition) is 1. The molecule has 1 saturated heterocycles. The number of sulfonamides is 1. The van der Waals surface area contributed by atoms with Crippen LogP contribution in [0.25, 0.3) is 27.1 Å². The molecule has 1 aromatic carbocycles. The number of piperazine rings is 1. The molecule has 1 saturated carbocycles. The molecular formula is C24H20F2N10O2S3. The first-order chi connectivity index (χ1) is 19.8. The summed E-state index contributed by atoms with van der Waals surface area (Å²) < 4.78 is 57.4. The molecule has 0 spiro atoms. The molecule has 0 atom stereocenters. The smallest absolute Gasteiger partial charge is 0.291 e. The Bertz CT molecular complexity index is 1920. The van der Waals surface area contributed by atoms with E-state index in [0.717, 1.165) is 18.2 Å². The van der Waals surface area contributed by atoms with Crippen LogP contribution in [0, 0.1) is 11.3 Å². The van der Waals surface area contributed by atoms with Gasteiger partial charge < -0.3 is 9.80 Å². The highest BCUT2D eigenvalue weighted by Crippen LogP contribution is 2.40. The Morgan fingerprint density at radius 1 is 1.05 bits per heavy atom. The lowest BCUT2D eigenvalue weighted by molar-refractivity contribution is 0.150. The maximum absolute atomic E-state index is 13.5. The van der Waals surface area contributed by atoms with Crippen molar-refractivity contribution >= 4 is 65.6 Å². The fourth-order valence-electron chi connectivity index (χ4n) is 4.96. The van der Waals surface area contributed by atoms with Gasteiger partial charge in [-0.15, -0.1) is 21.5 Å². The summed E-state index contributed by atoms with van der Waals surface area (Å²) in [6, 6.07) is 6.59. The van der Waals surface area contributed by atoms with Crippen molar-refractivity contribution in [2.24, 2.45) is 0 Å². The number of halogens is 2. The maximum Gasteiger partial charge on any atom is 0.291 e. The van der Waals surface area contributed by atoms with Crippen LogP contribution >= 0.6 is 22.7 Å². The first-order valence-corrected chi connectivity index (χ1v) is 15.7. The maximum atomic E-state index is 13.5. The molecular weight excluding hydrogens is 595 g/mol. The average Bonchev–Trinajstić information content (AvgIpc) is 3.37. The van der Waals surface area contributed by atoms with Gasteiger partial charge in [0.05, 0.1) is 21.9 Å². The van der Waals surface area contributed by atoms with E-state index in [9.17, 15) is 22.5 Å². The van der Waals surface area contributed by atoms with Gasteiger partial charge in [0, 0.05) is 43.1 Å². The molecule has 5 heterocycles. The number of anilines is 2. The van der Waals surface area contributed by atoms with E-state index in [2.05, 4.69) is 39.7 Å². The van der Waals surface area contributed by atoms with Crippen LogP contribution in [0.4, 0.5) is 19.7 Å². The number of nitrogens with one attached hydrogen (secondary N) is 1. The molecule has 5 aromatic rings. The molecule has 2 fully saturated rings. The van der Waals surface area contributed by atoms with Crippen LogP contribution in [0.3, 0.4) is 0 Å². The predicted molar refractivity (Wildman–Crippen MR) is 149 cm³/mol. The van der Waals surface area contributed by atoms with Crippen LogP contribution in [-0.4, -0.2) is 69.9 Å². The van der Waals surface area contributed by atoms with Crippen molar-refractivity contribution in [2.45, 2.75) is 29.7 Å². The van der Waals surface area contributed by atoms with Crippen LogP contribution in [-0.2, 0) is 10.0 Å². The van der Waals surface area contributed by atoms with Crippen LogP contribution in [0.1, 0.15) is 24.3 Å². The van der Waals surface area contributed by atoms with Gasteiger partial charge in [0.15, 0.2) is 15.8 Å². The quantitative estimate of drug-likeness (QED) is 0.289. The molecule has 0 amide bonds. The number of nitriles is 1. The standard InChI is InChI=1S/C24H20F2N10O2S3/c25-18(26)21-31-32-23(40-21)36-16-11-14(41(37,38)33-24(12-27)3-4-24)1-2-15(16)17-19(29-13-30-20(17)36)34-6-8-35(9-7-34)22-28-5-10-39-22/h1-2,5,10-11,13,18,33H,3-4,6-9H2. The summed E-state index contributed by atoms with van der Waals surface area (Å²) in [6.45, 7) is 2.75. The molecule has 41 heavy (non-hydrogen) atoms. The van der Waals surface area contributed by atoms with Crippen LogP contribution in [0.15, 0.2) is 41.0 Å². The zero-order valence-electron chi connectivity index (χ0n) is 21.1. The molecule has 1 aliphatic heterocycles. The first kappa shape index (κ1) is 26.1. The summed E-state index contributed by atoms with van der Waals surface area (Å²) in [6.07, 6.45) is 1.23. The highest BCUT2D eigenvalue weighted by Gasteiger charge is 2.47. The molecule has 1 N–H and O–H groups in total. The number of benzene rings is 1. The number of rotatable bonds is 7. The third kappa shape index (κ3) is 4.47. The second-order valence-corrected chi connectivity index (χ2v) is 13.3. The highest BCUT2D eigenvalue weighted by molar-refractivity contribution is 7.89. The molecule has 7 rings (SSSR count). The Hall–Kier alpha value is -3.85. The molecule has 17 heteroatoms. The Labute approximate surface area is 240 Å². The van der Waals surface area contributed by atoms with Crippen LogP contribution < -0.4 is 14.5 Å². The second-order valence-electron chi connectivity index (χ2n) is 9.72. The van der Waals surface area contributed by atoms with Gasteiger partial charge in [-0.2, -0.15) is 9.98 Å². The summed E-state index contributed by atoms with van der Waals surface area (Å²) in [5.41, 5.74) is -0.321. The van der Waals surface area contributed by atoms with Crippen molar-refractivity contribution in [1.29, 1.82) is 5.26 Å². The van der Waals surface area contributed by atoms with Crippen molar-refractivity contribution in [3.63, 3.8) is 0 Å². The normalized spacial score (nSPS) is 17.0. The Morgan fingerprint density at radius 2 is 1.83 bits per heavy atom. The average molecular weight is 615 g/mol. The number of alkyl halides is 2. The summed E-state index contributed by atoms with van der Waals surface area (Å²) in [7, 11) is -4.06. The molecule has 12 nitrogen and oxygen atoms in total. The topological polar surface area (TPSA) is 146 Å². The lowest BCUT2D eigenvalue weighted by atomic mass is 10.2. The summed E-state index contributed by atoms with van der Waals surface area (Å²) >= 11 is 2.28. The largest absolute Gasteiger partial charge is 0.352 e. The van der Waals surface area contributed by atoms with E-state index in [0.29, 0.717) is 65.0 Å². The number of nitrogens with zero attached hydrogens (tertiary/aromatic N) is 9. The molecule has 0 bridgehead atoms. The van der Waals surface area contributed by atoms with E-state index in [1.165, 1.54) is 18.5 Å². The van der Waals surface area contributed by atoms with Crippen molar-refractivity contribution in [2.75, 3.05) is 36.0 Å². The summed E-state index contributed by atoms with van der Waals surface area (Å²) in [5.74, 6) is 0.645.